The third kappa shape index (κ3) is 3.60. The van der Waals surface area contributed by atoms with Gasteiger partial charge >= 0.3 is 0 Å². The number of carbonyl (C=O) groups is 1. The summed E-state index contributed by atoms with van der Waals surface area (Å²) in [4.78, 5) is 14.8. The van der Waals surface area contributed by atoms with Crippen molar-refractivity contribution in [3.05, 3.63) is 35.9 Å². The molecule has 0 bridgehead atoms. The summed E-state index contributed by atoms with van der Waals surface area (Å²) in [5.74, 6) is 0.797. The number of rotatable bonds is 4. The van der Waals surface area contributed by atoms with E-state index in [0.29, 0.717) is 6.54 Å². The molecule has 1 saturated heterocycles. The van der Waals surface area contributed by atoms with E-state index in [2.05, 4.69) is 6.92 Å². The fourth-order valence-electron chi connectivity index (χ4n) is 3.08. The second-order valence-corrected chi connectivity index (χ2v) is 5.73. The summed E-state index contributed by atoms with van der Waals surface area (Å²) in [5, 5.41) is 0. The lowest BCUT2D eigenvalue weighted by molar-refractivity contribution is -0.132. The number of hydrogen-bond donors (Lipinski definition) is 1. The number of amides is 1. The van der Waals surface area contributed by atoms with Crippen LogP contribution in [0.2, 0.25) is 0 Å². The Balaban J connectivity index is 2.05. The molecule has 2 atom stereocenters. The Morgan fingerprint density at radius 1 is 1.30 bits per heavy atom. The van der Waals surface area contributed by atoms with E-state index >= 15 is 0 Å². The number of benzene rings is 1. The summed E-state index contributed by atoms with van der Waals surface area (Å²) < 4.78 is 0. The van der Waals surface area contributed by atoms with Gasteiger partial charge in [0, 0.05) is 19.6 Å². The van der Waals surface area contributed by atoms with Crippen molar-refractivity contribution in [3.8, 4) is 0 Å². The molecule has 1 fully saturated rings. The molecule has 1 aliphatic heterocycles. The van der Waals surface area contributed by atoms with Gasteiger partial charge in [0.05, 0.1) is 5.92 Å². The zero-order valence-electron chi connectivity index (χ0n) is 12.4. The molecule has 0 radical (unpaired) electrons. The predicted octanol–water partition coefficient (Wildman–Crippen LogP) is 2.77. The molecule has 1 heterocycles. The quantitative estimate of drug-likeness (QED) is 0.917. The van der Waals surface area contributed by atoms with Crippen molar-refractivity contribution in [3.63, 3.8) is 0 Å². The van der Waals surface area contributed by atoms with Gasteiger partial charge in [-0.15, -0.1) is 0 Å². The summed E-state index contributed by atoms with van der Waals surface area (Å²) >= 11 is 0. The molecular formula is C17H26N2O. The molecule has 2 unspecified atom stereocenters. The number of carbonyl (C=O) groups excluding carboxylic acids is 1. The standard InChI is InChI=1S/C17H26N2O/c1-2-14-7-6-11-19(12-10-14)17(20)16(13-18)15-8-4-3-5-9-15/h3-5,8-9,14,16H,2,6-7,10-13,18H2,1H3. The van der Waals surface area contributed by atoms with Crippen molar-refractivity contribution >= 4 is 5.91 Å². The number of nitrogens with two attached hydrogens (primary N) is 1. The van der Waals surface area contributed by atoms with Gasteiger partial charge in [0.25, 0.3) is 0 Å². The van der Waals surface area contributed by atoms with E-state index in [1.807, 2.05) is 35.2 Å². The first kappa shape index (κ1) is 15.0. The highest BCUT2D eigenvalue weighted by Gasteiger charge is 2.26. The van der Waals surface area contributed by atoms with Crippen LogP contribution in [0.3, 0.4) is 0 Å². The van der Waals surface area contributed by atoms with Crippen molar-refractivity contribution in [2.45, 2.75) is 38.5 Å². The highest BCUT2D eigenvalue weighted by Crippen LogP contribution is 2.23. The van der Waals surface area contributed by atoms with Gasteiger partial charge in [0.15, 0.2) is 0 Å². The molecule has 2 rings (SSSR count). The Morgan fingerprint density at radius 2 is 2.05 bits per heavy atom. The van der Waals surface area contributed by atoms with E-state index in [1.54, 1.807) is 0 Å². The molecular weight excluding hydrogens is 248 g/mol. The minimum atomic E-state index is -0.186. The van der Waals surface area contributed by atoms with Gasteiger partial charge in [0.2, 0.25) is 5.91 Å². The van der Waals surface area contributed by atoms with Gasteiger partial charge in [-0.1, -0.05) is 43.7 Å². The monoisotopic (exact) mass is 274 g/mol. The third-order valence-corrected chi connectivity index (χ3v) is 4.47. The largest absolute Gasteiger partial charge is 0.342 e. The van der Waals surface area contributed by atoms with Crippen LogP contribution >= 0.6 is 0 Å². The number of likely N-dealkylation sites (tertiary alicyclic amines) is 1. The summed E-state index contributed by atoms with van der Waals surface area (Å²) in [7, 11) is 0. The maximum Gasteiger partial charge on any atom is 0.231 e. The minimum Gasteiger partial charge on any atom is -0.342 e. The Labute approximate surface area is 122 Å². The first-order valence-corrected chi connectivity index (χ1v) is 7.80. The molecule has 110 valence electrons. The Hall–Kier alpha value is -1.35. The number of nitrogens with zero attached hydrogens (tertiary/aromatic N) is 1. The normalized spacial score (nSPS) is 21.3. The smallest absolute Gasteiger partial charge is 0.231 e. The molecule has 0 saturated carbocycles. The summed E-state index contributed by atoms with van der Waals surface area (Å²) in [6.45, 7) is 4.41. The zero-order chi connectivity index (χ0) is 14.4. The van der Waals surface area contributed by atoms with Gasteiger partial charge in [-0.2, -0.15) is 0 Å². The van der Waals surface area contributed by atoms with E-state index in [9.17, 15) is 4.79 Å². The van der Waals surface area contributed by atoms with Gasteiger partial charge in [0.1, 0.15) is 0 Å². The van der Waals surface area contributed by atoms with Gasteiger partial charge in [-0.3, -0.25) is 4.79 Å². The maximum absolute atomic E-state index is 12.7. The molecule has 0 aliphatic carbocycles. The Bertz CT molecular complexity index is 418. The van der Waals surface area contributed by atoms with E-state index in [1.165, 1.54) is 12.8 Å². The lowest BCUT2D eigenvalue weighted by Gasteiger charge is -2.26. The predicted molar refractivity (Wildman–Crippen MR) is 82.4 cm³/mol. The first-order valence-electron chi connectivity index (χ1n) is 7.80. The molecule has 1 aliphatic rings. The summed E-state index contributed by atoms with van der Waals surface area (Å²) in [5.41, 5.74) is 6.90. The molecule has 1 aromatic carbocycles. The van der Waals surface area contributed by atoms with Crippen LogP contribution < -0.4 is 5.73 Å². The number of hydrogen-bond acceptors (Lipinski definition) is 2. The first-order chi connectivity index (χ1) is 9.76. The summed E-state index contributed by atoms with van der Waals surface area (Å²) in [6.07, 6.45) is 4.73. The van der Waals surface area contributed by atoms with Crippen molar-refractivity contribution in [2.75, 3.05) is 19.6 Å². The lowest BCUT2D eigenvalue weighted by Crippen LogP contribution is -2.38. The molecule has 20 heavy (non-hydrogen) atoms. The molecule has 1 aromatic rings. The van der Waals surface area contributed by atoms with E-state index < -0.39 is 0 Å². The lowest BCUT2D eigenvalue weighted by atomic mass is 9.97. The highest BCUT2D eigenvalue weighted by molar-refractivity contribution is 5.84. The van der Waals surface area contributed by atoms with Crippen molar-refractivity contribution in [1.82, 2.24) is 4.90 Å². The summed E-state index contributed by atoms with van der Waals surface area (Å²) in [6, 6.07) is 9.92. The van der Waals surface area contributed by atoms with Gasteiger partial charge < -0.3 is 10.6 Å². The second-order valence-electron chi connectivity index (χ2n) is 5.73. The Morgan fingerprint density at radius 3 is 2.70 bits per heavy atom. The zero-order valence-corrected chi connectivity index (χ0v) is 12.4. The fraction of sp³-hybridized carbons (Fsp3) is 0.588. The molecule has 3 nitrogen and oxygen atoms in total. The molecule has 3 heteroatoms. The van der Waals surface area contributed by atoms with Crippen LogP contribution in [-0.2, 0) is 4.79 Å². The SMILES string of the molecule is CCC1CCCN(C(=O)C(CN)c2ccccc2)CC1. The van der Waals surface area contributed by atoms with Crippen LogP contribution in [0.1, 0.15) is 44.1 Å². The molecule has 0 spiro atoms. The van der Waals surface area contributed by atoms with Crippen LogP contribution in [0.4, 0.5) is 0 Å². The molecule has 0 aromatic heterocycles. The minimum absolute atomic E-state index is 0.186. The van der Waals surface area contributed by atoms with Gasteiger partial charge in [-0.05, 0) is 30.7 Å². The molecule has 1 amide bonds. The molecule has 2 N–H and O–H groups in total. The van der Waals surface area contributed by atoms with Crippen molar-refractivity contribution in [1.29, 1.82) is 0 Å². The third-order valence-electron chi connectivity index (χ3n) is 4.47. The maximum atomic E-state index is 12.7. The highest BCUT2D eigenvalue weighted by atomic mass is 16.2. The van der Waals surface area contributed by atoms with Gasteiger partial charge in [-0.25, -0.2) is 0 Å². The van der Waals surface area contributed by atoms with E-state index in [0.717, 1.165) is 37.4 Å². The van der Waals surface area contributed by atoms with Crippen LogP contribution in [0.5, 0.6) is 0 Å². The average molecular weight is 274 g/mol. The van der Waals surface area contributed by atoms with Crippen LogP contribution in [0, 0.1) is 5.92 Å². The van der Waals surface area contributed by atoms with Crippen LogP contribution in [0.25, 0.3) is 0 Å². The van der Waals surface area contributed by atoms with Crippen molar-refractivity contribution in [2.24, 2.45) is 11.7 Å². The van der Waals surface area contributed by atoms with Crippen LogP contribution in [0.15, 0.2) is 30.3 Å². The fourth-order valence-corrected chi connectivity index (χ4v) is 3.08. The van der Waals surface area contributed by atoms with Crippen LogP contribution in [-0.4, -0.2) is 30.4 Å². The topological polar surface area (TPSA) is 46.3 Å². The van der Waals surface area contributed by atoms with E-state index in [-0.39, 0.29) is 11.8 Å². The van der Waals surface area contributed by atoms with E-state index in [4.69, 9.17) is 5.73 Å². The van der Waals surface area contributed by atoms with Crippen molar-refractivity contribution < 1.29 is 4.79 Å². The second kappa shape index (κ2) is 7.44. The average Bonchev–Trinajstić information content (AvgIpc) is 2.74. The Kier molecular flexibility index (Phi) is 5.60.